The van der Waals surface area contributed by atoms with E-state index in [0.717, 1.165) is 68.0 Å². The van der Waals surface area contributed by atoms with Crippen LogP contribution in [0.2, 0.25) is 5.02 Å². The summed E-state index contributed by atoms with van der Waals surface area (Å²) < 4.78 is 36.0. The van der Waals surface area contributed by atoms with E-state index in [9.17, 15) is 13.8 Å². The van der Waals surface area contributed by atoms with Crippen LogP contribution in [0.3, 0.4) is 0 Å². The normalized spacial score (nSPS) is 32.9. The van der Waals surface area contributed by atoms with Gasteiger partial charge in [0, 0.05) is 67.1 Å². The minimum Gasteiger partial charge on any atom is -0.490 e. The first-order valence-electron chi connectivity index (χ1n) is 18.9. The average molecular weight is 761 g/mol. The van der Waals surface area contributed by atoms with Crippen molar-refractivity contribution in [2.75, 3.05) is 37.5 Å². The van der Waals surface area contributed by atoms with Crippen molar-refractivity contribution in [2.45, 2.75) is 75.3 Å². The number of rotatable bonds is 4. The summed E-state index contributed by atoms with van der Waals surface area (Å²) in [5, 5.41) is 7.93. The molecular weight excluding hydrogens is 712 g/mol. The number of halogens is 1. The molecule has 1 spiro atoms. The van der Waals surface area contributed by atoms with Crippen LogP contribution in [0.25, 0.3) is 0 Å². The van der Waals surface area contributed by atoms with Crippen LogP contribution in [0.5, 0.6) is 5.75 Å². The van der Waals surface area contributed by atoms with Gasteiger partial charge < -0.3 is 19.7 Å². The Morgan fingerprint density at radius 3 is 2.81 bits per heavy atom. The van der Waals surface area contributed by atoms with Crippen molar-refractivity contribution in [3.05, 3.63) is 88.2 Å². The Kier molecular flexibility index (Phi) is 9.82. The molecule has 2 N–H and O–H groups in total. The zero-order valence-electron chi connectivity index (χ0n) is 30.6. The van der Waals surface area contributed by atoms with E-state index in [2.05, 4.69) is 48.7 Å². The number of nitrogens with zero attached hydrogens (tertiary/aromatic N) is 4. The summed E-state index contributed by atoms with van der Waals surface area (Å²) in [4.78, 5) is 29.8. The maximum Gasteiger partial charge on any atom is 0.327 e. The van der Waals surface area contributed by atoms with Crippen molar-refractivity contribution in [1.29, 1.82) is 0 Å². The average Bonchev–Trinajstić information content (AvgIpc) is 3.76. The molecule has 0 saturated heterocycles. The highest BCUT2D eigenvalue weighted by Crippen LogP contribution is 2.47. The standard InChI is InChI=1S/C40H49ClN6O5S/c1-25-6-4-8-36(51-3)30-12-9-28(30)21-47-23-40(16-5-7-26-18-29(41)11-13-32(26)40)24-52-37-14-10-27(19-35(37)47)38(48)44-53(50,22-25)45-39(49)43-33-20-31(33)34-15-17-42-46(34)2/h4,8,10-11,13-15,17-19,25,28,30-31,33,36H,5-7,9,12,16,20-24H2,1-3H3,(H2,43,44,45,48,49,50)/b8-4+/t25-,28-,30+,31+,33+,36-,40-,53?/m0/s1. The van der Waals surface area contributed by atoms with Gasteiger partial charge in [-0.1, -0.05) is 36.7 Å². The molecule has 5 aliphatic rings. The smallest absolute Gasteiger partial charge is 0.327 e. The maximum atomic E-state index is 14.6. The molecule has 1 unspecified atom stereocenters. The zero-order chi connectivity index (χ0) is 36.9. The molecule has 3 amide bonds. The molecule has 2 aliphatic heterocycles. The number of nitrogens with one attached hydrogen (secondary N) is 2. The molecule has 2 fully saturated rings. The summed E-state index contributed by atoms with van der Waals surface area (Å²) in [6, 6.07) is 12.8. The monoisotopic (exact) mass is 760 g/mol. The topological polar surface area (TPSA) is 127 Å². The van der Waals surface area contributed by atoms with E-state index in [0.29, 0.717) is 36.2 Å². The number of hydrogen-bond acceptors (Lipinski definition) is 7. The Bertz CT molecular complexity index is 2060. The number of ether oxygens (including phenoxy) is 2. The van der Waals surface area contributed by atoms with Gasteiger partial charge >= 0.3 is 6.03 Å². The number of allylic oxidation sites excluding steroid dienone is 1. The molecule has 2 saturated carbocycles. The van der Waals surface area contributed by atoms with Gasteiger partial charge in [0.25, 0.3) is 5.91 Å². The molecule has 13 heteroatoms. The summed E-state index contributed by atoms with van der Waals surface area (Å²) >= 11 is 6.47. The second kappa shape index (κ2) is 14.4. The number of hydrogen-bond donors (Lipinski definition) is 2. The van der Waals surface area contributed by atoms with Crippen molar-refractivity contribution in [2.24, 2.45) is 29.2 Å². The largest absolute Gasteiger partial charge is 0.490 e. The van der Waals surface area contributed by atoms with E-state index >= 15 is 0 Å². The first-order valence-corrected chi connectivity index (χ1v) is 20.9. The Morgan fingerprint density at radius 2 is 2.04 bits per heavy atom. The van der Waals surface area contributed by atoms with Crippen molar-refractivity contribution in [3.8, 4) is 5.75 Å². The molecule has 8 atom stereocenters. The predicted octanol–water partition coefficient (Wildman–Crippen LogP) is 6.56. The van der Waals surface area contributed by atoms with Crippen LogP contribution in [0.1, 0.15) is 78.5 Å². The Balaban J connectivity index is 1.13. The van der Waals surface area contributed by atoms with Gasteiger partial charge in [-0.15, -0.1) is 4.36 Å². The fourth-order valence-electron chi connectivity index (χ4n) is 9.14. The summed E-state index contributed by atoms with van der Waals surface area (Å²) in [6.45, 7) is 3.97. The molecule has 0 radical (unpaired) electrons. The molecule has 282 valence electrons. The number of fused-ring (bicyclic) bond motifs is 4. The fraction of sp³-hybridized carbons (Fsp3) is 0.525. The summed E-state index contributed by atoms with van der Waals surface area (Å²) in [7, 11) is 0.127. The summed E-state index contributed by atoms with van der Waals surface area (Å²) in [5.41, 5.74) is 4.44. The molecule has 53 heavy (non-hydrogen) atoms. The van der Waals surface area contributed by atoms with Crippen molar-refractivity contribution >= 4 is 39.1 Å². The first-order chi connectivity index (χ1) is 25.5. The van der Waals surface area contributed by atoms with Gasteiger partial charge in [-0.25, -0.2) is 9.00 Å². The quantitative estimate of drug-likeness (QED) is 0.289. The van der Waals surface area contributed by atoms with Gasteiger partial charge in [-0.05, 0) is 110 Å². The van der Waals surface area contributed by atoms with E-state index in [-0.39, 0.29) is 35.1 Å². The molecule has 1 aromatic heterocycles. The SMILES string of the molecule is CO[C@H]1/C=C/C[C@H](C)CS(=O)(NC(=O)N[C@@H]2C[C@H]2c2ccnn2C)=NC(=O)c2ccc3c(c2)N(C[C@@H]2CC[C@H]21)C[C@@]1(CCCc2cc(Cl)ccc21)CO3. The number of anilines is 1. The zero-order valence-corrected chi connectivity index (χ0v) is 32.2. The number of carbonyl (C=O) groups excluding carboxylic acids is 2. The molecule has 8 rings (SSSR count). The Labute approximate surface area is 317 Å². The van der Waals surface area contributed by atoms with Crippen LogP contribution in [0.4, 0.5) is 10.5 Å². The number of aromatic nitrogens is 2. The van der Waals surface area contributed by atoms with Crippen LogP contribution < -0.4 is 19.7 Å². The minimum atomic E-state index is -3.51. The minimum absolute atomic E-state index is 0.0160. The number of carbonyl (C=O) groups is 2. The highest BCUT2D eigenvalue weighted by atomic mass is 35.5. The number of amides is 3. The van der Waals surface area contributed by atoms with Gasteiger partial charge in [0.1, 0.15) is 15.7 Å². The van der Waals surface area contributed by atoms with Crippen molar-refractivity contribution in [1.82, 2.24) is 19.8 Å². The van der Waals surface area contributed by atoms with Crippen LogP contribution in [0, 0.1) is 17.8 Å². The number of urea groups is 1. The maximum absolute atomic E-state index is 14.6. The van der Waals surface area contributed by atoms with Crippen LogP contribution in [-0.4, -0.2) is 70.6 Å². The summed E-state index contributed by atoms with van der Waals surface area (Å²) in [5.74, 6) is 0.805. The van der Waals surface area contributed by atoms with E-state index in [4.69, 9.17) is 21.1 Å². The van der Waals surface area contributed by atoms with Crippen molar-refractivity contribution in [3.63, 3.8) is 0 Å². The lowest BCUT2D eigenvalue weighted by molar-refractivity contribution is 0.0131. The molecule has 3 aromatic rings. The van der Waals surface area contributed by atoms with E-state index in [1.54, 1.807) is 24.1 Å². The highest BCUT2D eigenvalue weighted by Gasteiger charge is 2.45. The van der Waals surface area contributed by atoms with Crippen LogP contribution in [-0.2, 0) is 33.5 Å². The van der Waals surface area contributed by atoms with Gasteiger partial charge in [0.15, 0.2) is 0 Å². The molecule has 3 heterocycles. The lowest BCUT2D eigenvalue weighted by atomic mass is 9.68. The molecular formula is C40H49ClN6O5S. The van der Waals surface area contributed by atoms with Gasteiger partial charge in [0.2, 0.25) is 0 Å². The molecule has 3 aliphatic carbocycles. The third-order valence-electron chi connectivity index (χ3n) is 12.1. The number of aryl methyl sites for hydroxylation is 2. The lowest BCUT2D eigenvalue weighted by Gasteiger charge is -2.46. The molecule has 11 nitrogen and oxygen atoms in total. The Morgan fingerprint density at radius 1 is 1.17 bits per heavy atom. The number of methoxy groups -OCH3 is 1. The van der Waals surface area contributed by atoms with Gasteiger partial charge in [0.05, 0.1) is 24.2 Å². The number of benzene rings is 2. The van der Waals surface area contributed by atoms with Gasteiger partial charge in [-0.3, -0.25) is 14.2 Å². The second-order valence-corrected chi connectivity index (χ2v) is 18.3. The van der Waals surface area contributed by atoms with Crippen LogP contribution in [0.15, 0.2) is 65.2 Å². The van der Waals surface area contributed by atoms with E-state index in [1.807, 2.05) is 38.2 Å². The third kappa shape index (κ3) is 7.34. The predicted molar refractivity (Wildman–Crippen MR) is 206 cm³/mol. The van der Waals surface area contributed by atoms with Gasteiger partial charge in [-0.2, -0.15) is 5.10 Å². The third-order valence-corrected chi connectivity index (χ3v) is 14.3. The van der Waals surface area contributed by atoms with E-state index < -0.39 is 21.9 Å². The van der Waals surface area contributed by atoms with E-state index in [1.165, 1.54) is 11.1 Å². The Hall–Kier alpha value is -3.87. The molecule has 2 bridgehead atoms. The van der Waals surface area contributed by atoms with Crippen molar-refractivity contribution < 1.29 is 23.3 Å². The lowest BCUT2D eigenvalue weighted by Crippen LogP contribution is -2.49. The first kappa shape index (κ1) is 36.1. The molecule has 2 aromatic carbocycles. The summed E-state index contributed by atoms with van der Waals surface area (Å²) in [6.07, 6.45) is 12.4. The second-order valence-electron chi connectivity index (χ2n) is 15.9. The van der Waals surface area contributed by atoms with Crippen LogP contribution >= 0.6 is 11.6 Å². The highest BCUT2D eigenvalue weighted by molar-refractivity contribution is 7.92. The fourth-order valence-corrected chi connectivity index (χ4v) is 11.2.